The molecule has 0 atom stereocenters. The van der Waals surface area contributed by atoms with E-state index in [2.05, 4.69) is 62.1 Å². The monoisotopic (exact) mass is 377 g/mol. The first-order valence-electron chi connectivity index (χ1n) is 11.3. The molecule has 4 rings (SSSR count). The third-order valence-corrected chi connectivity index (χ3v) is 6.79. The summed E-state index contributed by atoms with van der Waals surface area (Å²) in [4.78, 5) is 2.55. The Bertz CT molecular complexity index is 845. The maximum Gasteiger partial charge on any atom is 0.123 e. The van der Waals surface area contributed by atoms with Crippen molar-refractivity contribution in [2.45, 2.75) is 78.4 Å². The van der Waals surface area contributed by atoms with Gasteiger partial charge in [0.05, 0.1) is 6.10 Å². The van der Waals surface area contributed by atoms with Gasteiger partial charge in [-0.25, -0.2) is 0 Å². The number of fused-ring (bicyclic) bond motifs is 1. The van der Waals surface area contributed by atoms with E-state index in [0.717, 1.165) is 24.6 Å². The Balaban J connectivity index is 1.62. The normalized spacial score (nSPS) is 24.2. The van der Waals surface area contributed by atoms with Gasteiger partial charge in [0.25, 0.3) is 0 Å². The van der Waals surface area contributed by atoms with Crippen LogP contribution in [-0.2, 0) is 13.0 Å². The third-order valence-electron chi connectivity index (χ3n) is 6.79. The van der Waals surface area contributed by atoms with Gasteiger partial charge < -0.3 is 9.64 Å². The van der Waals surface area contributed by atoms with Crippen molar-refractivity contribution in [2.75, 3.05) is 6.54 Å². The Morgan fingerprint density at radius 1 is 1.07 bits per heavy atom. The van der Waals surface area contributed by atoms with Gasteiger partial charge >= 0.3 is 0 Å². The largest absolute Gasteiger partial charge is 0.490 e. The first-order valence-corrected chi connectivity index (χ1v) is 11.3. The van der Waals surface area contributed by atoms with E-state index >= 15 is 0 Å². The molecule has 0 N–H and O–H groups in total. The molecule has 2 fully saturated rings. The molecule has 2 aromatic rings. The summed E-state index contributed by atoms with van der Waals surface area (Å²) in [5.41, 5.74) is 4.32. The van der Waals surface area contributed by atoms with E-state index in [9.17, 15) is 0 Å². The predicted molar refractivity (Wildman–Crippen MR) is 119 cm³/mol. The standard InChI is InChI=1S/C26H35NO/c1-4-21-9-7-17-27(21)18-20-8-6-10-25-23(5-2)26(16-15-24(20)25)28-22-13-11-19(3)12-14-22/h4,6,8,10,15-16,19,22H,5,7,9,11-14,17-18H2,1-3H3. The maximum absolute atomic E-state index is 6.52. The average molecular weight is 378 g/mol. The van der Waals surface area contributed by atoms with Crippen LogP contribution < -0.4 is 4.74 Å². The van der Waals surface area contributed by atoms with Crippen LogP contribution in [0.15, 0.2) is 42.1 Å². The molecule has 1 aliphatic carbocycles. The molecule has 1 saturated heterocycles. The molecule has 0 unspecified atom stereocenters. The number of ether oxygens (including phenoxy) is 1. The highest BCUT2D eigenvalue weighted by Gasteiger charge is 2.22. The van der Waals surface area contributed by atoms with Crippen molar-refractivity contribution in [2.24, 2.45) is 5.92 Å². The molecule has 1 aliphatic heterocycles. The molecule has 1 heterocycles. The fourth-order valence-electron chi connectivity index (χ4n) is 5.07. The van der Waals surface area contributed by atoms with Crippen molar-refractivity contribution in [3.63, 3.8) is 0 Å². The quantitative estimate of drug-likeness (QED) is 0.564. The minimum absolute atomic E-state index is 0.393. The minimum Gasteiger partial charge on any atom is -0.490 e. The number of nitrogens with zero attached hydrogens (tertiary/aromatic N) is 1. The Morgan fingerprint density at radius 3 is 2.64 bits per heavy atom. The molecule has 1 saturated carbocycles. The van der Waals surface area contributed by atoms with E-state index < -0.39 is 0 Å². The minimum atomic E-state index is 0.393. The van der Waals surface area contributed by atoms with Crippen LogP contribution in [0.2, 0.25) is 0 Å². The molecule has 0 radical (unpaired) electrons. The lowest BCUT2D eigenvalue weighted by atomic mass is 9.89. The van der Waals surface area contributed by atoms with Crippen molar-refractivity contribution < 1.29 is 4.74 Å². The van der Waals surface area contributed by atoms with Gasteiger partial charge in [-0.2, -0.15) is 0 Å². The van der Waals surface area contributed by atoms with E-state index in [-0.39, 0.29) is 0 Å². The van der Waals surface area contributed by atoms with Gasteiger partial charge in [-0.05, 0) is 80.2 Å². The number of likely N-dealkylation sites (tertiary alicyclic amines) is 1. The van der Waals surface area contributed by atoms with E-state index in [4.69, 9.17) is 4.74 Å². The van der Waals surface area contributed by atoms with Crippen LogP contribution >= 0.6 is 0 Å². The predicted octanol–water partition coefficient (Wildman–Crippen LogP) is 6.86. The zero-order valence-corrected chi connectivity index (χ0v) is 17.8. The van der Waals surface area contributed by atoms with Gasteiger partial charge in [0.2, 0.25) is 0 Å². The van der Waals surface area contributed by atoms with E-state index in [0.29, 0.717) is 6.10 Å². The van der Waals surface area contributed by atoms with Gasteiger partial charge in [-0.1, -0.05) is 44.2 Å². The molecule has 28 heavy (non-hydrogen) atoms. The molecule has 0 spiro atoms. The smallest absolute Gasteiger partial charge is 0.123 e. The van der Waals surface area contributed by atoms with Gasteiger partial charge in [0.15, 0.2) is 0 Å². The lowest BCUT2D eigenvalue weighted by molar-refractivity contribution is 0.134. The highest BCUT2D eigenvalue weighted by Crippen LogP contribution is 2.35. The van der Waals surface area contributed by atoms with Crippen molar-refractivity contribution in [3.8, 4) is 5.75 Å². The van der Waals surface area contributed by atoms with Crippen LogP contribution in [0.4, 0.5) is 0 Å². The SMILES string of the molecule is CC=C1CCCN1Cc1cccc2c(CC)c(OC3CCC(C)CC3)ccc12. The van der Waals surface area contributed by atoms with Crippen molar-refractivity contribution in [1.29, 1.82) is 0 Å². The summed E-state index contributed by atoms with van der Waals surface area (Å²) in [6.07, 6.45) is 11.2. The molecular formula is C26H35NO. The highest BCUT2D eigenvalue weighted by molar-refractivity contribution is 5.90. The summed E-state index contributed by atoms with van der Waals surface area (Å²) in [5, 5.41) is 2.77. The van der Waals surface area contributed by atoms with Crippen LogP contribution in [-0.4, -0.2) is 17.5 Å². The van der Waals surface area contributed by atoms with Crippen LogP contribution in [0.25, 0.3) is 10.8 Å². The number of hydrogen-bond donors (Lipinski definition) is 0. The summed E-state index contributed by atoms with van der Waals surface area (Å²) in [6, 6.07) is 11.4. The lowest BCUT2D eigenvalue weighted by Crippen LogP contribution is -2.23. The van der Waals surface area contributed by atoms with Crippen molar-refractivity contribution in [3.05, 3.63) is 53.2 Å². The Kier molecular flexibility index (Phi) is 5.94. The second-order valence-corrected chi connectivity index (χ2v) is 8.71. The number of allylic oxidation sites excluding steroid dienone is 2. The zero-order chi connectivity index (χ0) is 19.5. The molecule has 0 aromatic heterocycles. The van der Waals surface area contributed by atoms with E-state index in [1.54, 1.807) is 0 Å². The first kappa shape index (κ1) is 19.4. The summed E-state index contributed by atoms with van der Waals surface area (Å²) < 4.78 is 6.52. The molecule has 2 aromatic carbocycles. The second-order valence-electron chi connectivity index (χ2n) is 8.71. The Morgan fingerprint density at radius 2 is 1.89 bits per heavy atom. The first-order chi connectivity index (χ1) is 13.7. The summed E-state index contributed by atoms with van der Waals surface area (Å²) in [7, 11) is 0. The van der Waals surface area contributed by atoms with E-state index in [1.807, 2.05) is 0 Å². The highest BCUT2D eigenvalue weighted by atomic mass is 16.5. The van der Waals surface area contributed by atoms with Gasteiger partial charge in [0, 0.05) is 24.4 Å². The van der Waals surface area contributed by atoms with E-state index in [1.165, 1.54) is 72.7 Å². The molecule has 2 aliphatic rings. The van der Waals surface area contributed by atoms with Gasteiger partial charge in [-0.15, -0.1) is 0 Å². The lowest BCUT2D eigenvalue weighted by Gasteiger charge is -2.28. The molecule has 2 nitrogen and oxygen atoms in total. The number of benzene rings is 2. The molecule has 0 amide bonds. The fraction of sp³-hybridized carbons (Fsp3) is 0.538. The molecule has 0 bridgehead atoms. The number of aryl methyl sites for hydroxylation is 1. The zero-order valence-electron chi connectivity index (χ0n) is 17.8. The summed E-state index contributed by atoms with van der Waals surface area (Å²) >= 11 is 0. The van der Waals surface area contributed by atoms with Crippen LogP contribution in [0.1, 0.15) is 70.4 Å². The topological polar surface area (TPSA) is 12.5 Å². The second kappa shape index (κ2) is 8.59. The van der Waals surface area contributed by atoms with Gasteiger partial charge in [0.1, 0.15) is 5.75 Å². The average Bonchev–Trinajstić information content (AvgIpc) is 3.17. The van der Waals surface area contributed by atoms with Crippen LogP contribution in [0, 0.1) is 5.92 Å². The molecular weight excluding hydrogens is 342 g/mol. The summed E-state index contributed by atoms with van der Waals surface area (Å²) in [6.45, 7) is 8.99. The third kappa shape index (κ3) is 3.92. The van der Waals surface area contributed by atoms with Crippen LogP contribution in [0.3, 0.4) is 0 Å². The number of rotatable bonds is 5. The maximum atomic E-state index is 6.52. The fourth-order valence-corrected chi connectivity index (χ4v) is 5.07. The molecule has 2 heteroatoms. The van der Waals surface area contributed by atoms with Crippen molar-refractivity contribution in [1.82, 2.24) is 4.90 Å². The molecule has 150 valence electrons. The Labute approximate surface area is 170 Å². The van der Waals surface area contributed by atoms with Crippen molar-refractivity contribution >= 4 is 10.8 Å². The summed E-state index contributed by atoms with van der Waals surface area (Å²) in [5.74, 6) is 1.97. The van der Waals surface area contributed by atoms with Crippen LogP contribution in [0.5, 0.6) is 5.75 Å². The Hall–Kier alpha value is -1.96. The van der Waals surface area contributed by atoms with Gasteiger partial charge in [-0.3, -0.25) is 0 Å². The number of hydrogen-bond acceptors (Lipinski definition) is 2.